The van der Waals surface area contributed by atoms with E-state index in [1.54, 1.807) is 4.90 Å². The SMILES string of the molecule is CCCCN(CC(N)=O)c1nc[nH]c(=O)c1OC. The topological polar surface area (TPSA) is 101 Å². The Hall–Kier alpha value is -2.05. The number of amides is 1. The van der Waals surface area contributed by atoms with Gasteiger partial charge in [-0.2, -0.15) is 0 Å². The average molecular weight is 254 g/mol. The van der Waals surface area contributed by atoms with Crippen molar-refractivity contribution in [1.82, 2.24) is 9.97 Å². The molecule has 18 heavy (non-hydrogen) atoms. The van der Waals surface area contributed by atoms with Gasteiger partial charge >= 0.3 is 0 Å². The first kappa shape index (κ1) is 14.0. The number of carbonyl (C=O) groups is 1. The van der Waals surface area contributed by atoms with Crippen LogP contribution in [0.2, 0.25) is 0 Å². The summed E-state index contributed by atoms with van der Waals surface area (Å²) >= 11 is 0. The summed E-state index contributed by atoms with van der Waals surface area (Å²) in [7, 11) is 1.39. The highest BCUT2D eigenvalue weighted by molar-refractivity contribution is 5.79. The zero-order chi connectivity index (χ0) is 13.5. The molecule has 0 aliphatic carbocycles. The number of nitrogens with one attached hydrogen (secondary N) is 1. The van der Waals surface area contributed by atoms with Crippen LogP contribution in [-0.2, 0) is 4.79 Å². The van der Waals surface area contributed by atoms with E-state index in [2.05, 4.69) is 9.97 Å². The van der Waals surface area contributed by atoms with Crippen LogP contribution in [0.4, 0.5) is 5.82 Å². The van der Waals surface area contributed by atoms with E-state index in [1.165, 1.54) is 13.4 Å². The highest BCUT2D eigenvalue weighted by Gasteiger charge is 2.17. The summed E-state index contributed by atoms with van der Waals surface area (Å²) in [6.07, 6.45) is 3.10. The number of anilines is 1. The number of rotatable bonds is 7. The van der Waals surface area contributed by atoms with Gasteiger partial charge in [0.25, 0.3) is 5.56 Å². The molecular weight excluding hydrogens is 236 g/mol. The first-order chi connectivity index (χ1) is 8.60. The van der Waals surface area contributed by atoms with Gasteiger partial charge in [0, 0.05) is 6.54 Å². The summed E-state index contributed by atoms with van der Waals surface area (Å²) in [5.74, 6) is -0.0430. The summed E-state index contributed by atoms with van der Waals surface area (Å²) in [5, 5.41) is 0. The fourth-order valence-corrected chi connectivity index (χ4v) is 1.58. The second-order valence-electron chi connectivity index (χ2n) is 3.83. The van der Waals surface area contributed by atoms with E-state index in [0.29, 0.717) is 12.4 Å². The Labute approximate surface area is 105 Å². The van der Waals surface area contributed by atoms with Crippen LogP contribution in [-0.4, -0.2) is 36.1 Å². The smallest absolute Gasteiger partial charge is 0.295 e. The lowest BCUT2D eigenvalue weighted by molar-refractivity contribution is -0.116. The van der Waals surface area contributed by atoms with Crippen LogP contribution >= 0.6 is 0 Å². The number of aromatic amines is 1. The van der Waals surface area contributed by atoms with Crippen LogP contribution in [0.15, 0.2) is 11.1 Å². The summed E-state index contributed by atoms with van der Waals surface area (Å²) in [6.45, 7) is 2.63. The number of H-pyrrole nitrogens is 1. The molecule has 1 heterocycles. The number of ether oxygens (including phenoxy) is 1. The maximum Gasteiger partial charge on any atom is 0.295 e. The number of methoxy groups -OCH3 is 1. The fraction of sp³-hybridized carbons (Fsp3) is 0.545. The number of primary amides is 1. The van der Waals surface area contributed by atoms with Crippen molar-refractivity contribution in [3.8, 4) is 5.75 Å². The minimum atomic E-state index is -0.477. The predicted octanol–water partition coefficient (Wildman–Crippen LogP) is -0.130. The first-order valence-electron chi connectivity index (χ1n) is 5.75. The van der Waals surface area contributed by atoms with Gasteiger partial charge in [0.15, 0.2) is 5.82 Å². The molecular formula is C11H18N4O3. The van der Waals surface area contributed by atoms with E-state index in [9.17, 15) is 9.59 Å². The second kappa shape index (κ2) is 6.63. The fourth-order valence-electron chi connectivity index (χ4n) is 1.58. The van der Waals surface area contributed by atoms with Gasteiger partial charge in [-0.05, 0) is 6.42 Å². The summed E-state index contributed by atoms with van der Waals surface area (Å²) in [6, 6.07) is 0. The highest BCUT2D eigenvalue weighted by atomic mass is 16.5. The second-order valence-corrected chi connectivity index (χ2v) is 3.83. The van der Waals surface area contributed by atoms with Crippen LogP contribution in [0.25, 0.3) is 0 Å². The molecule has 1 aromatic heterocycles. The van der Waals surface area contributed by atoms with Gasteiger partial charge < -0.3 is 20.4 Å². The van der Waals surface area contributed by atoms with Crippen LogP contribution in [0.1, 0.15) is 19.8 Å². The van der Waals surface area contributed by atoms with Gasteiger partial charge in [0.2, 0.25) is 11.7 Å². The Balaban J connectivity index is 3.07. The van der Waals surface area contributed by atoms with Crippen molar-refractivity contribution >= 4 is 11.7 Å². The van der Waals surface area contributed by atoms with Crippen molar-refractivity contribution in [2.45, 2.75) is 19.8 Å². The number of carbonyl (C=O) groups excluding carboxylic acids is 1. The van der Waals surface area contributed by atoms with Crippen LogP contribution in [0.3, 0.4) is 0 Å². The Morgan fingerprint density at radius 1 is 1.61 bits per heavy atom. The monoisotopic (exact) mass is 254 g/mol. The third-order valence-corrected chi connectivity index (χ3v) is 2.42. The molecule has 1 aromatic rings. The van der Waals surface area contributed by atoms with Gasteiger partial charge in [-0.25, -0.2) is 4.98 Å². The van der Waals surface area contributed by atoms with E-state index in [0.717, 1.165) is 12.8 Å². The van der Waals surface area contributed by atoms with Crippen molar-refractivity contribution in [2.24, 2.45) is 5.73 Å². The van der Waals surface area contributed by atoms with Crippen LogP contribution < -0.4 is 20.9 Å². The van der Waals surface area contributed by atoms with E-state index in [4.69, 9.17) is 10.5 Å². The molecule has 0 aromatic carbocycles. The quantitative estimate of drug-likeness (QED) is 0.705. The highest BCUT2D eigenvalue weighted by Crippen LogP contribution is 2.20. The maximum atomic E-state index is 11.6. The largest absolute Gasteiger partial charge is 0.489 e. The summed E-state index contributed by atoms with van der Waals surface area (Å²) in [4.78, 5) is 30.8. The standard InChI is InChI=1S/C11H18N4O3/c1-3-4-5-15(6-8(12)16)10-9(18-2)11(17)14-7-13-10/h7H,3-6H2,1-2H3,(H2,12,16)(H,13,14,17). The first-order valence-corrected chi connectivity index (χ1v) is 5.75. The molecule has 7 nitrogen and oxygen atoms in total. The molecule has 0 radical (unpaired) electrons. The van der Waals surface area contributed by atoms with Gasteiger partial charge in [-0.3, -0.25) is 9.59 Å². The number of hydrogen-bond acceptors (Lipinski definition) is 5. The van der Waals surface area contributed by atoms with E-state index in [1.807, 2.05) is 6.92 Å². The predicted molar refractivity (Wildman–Crippen MR) is 67.7 cm³/mol. The Bertz CT molecular complexity index is 458. The zero-order valence-corrected chi connectivity index (χ0v) is 10.6. The van der Waals surface area contributed by atoms with Gasteiger partial charge in [0.1, 0.15) is 0 Å². The third kappa shape index (κ3) is 3.47. The van der Waals surface area contributed by atoms with Gasteiger partial charge in [0.05, 0.1) is 20.0 Å². The molecule has 0 aliphatic rings. The normalized spacial score (nSPS) is 10.1. The Kier molecular flexibility index (Phi) is 5.16. The molecule has 0 unspecified atom stereocenters. The van der Waals surface area contributed by atoms with Crippen molar-refractivity contribution in [3.63, 3.8) is 0 Å². The molecule has 0 atom stereocenters. The van der Waals surface area contributed by atoms with Crippen LogP contribution in [0.5, 0.6) is 5.75 Å². The van der Waals surface area contributed by atoms with Crippen LogP contribution in [0, 0.1) is 0 Å². The summed E-state index contributed by atoms with van der Waals surface area (Å²) in [5.41, 5.74) is 4.82. The molecule has 7 heteroatoms. The zero-order valence-electron chi connectivity index (χ0n) is 10.6. The number of unbranched alkanes of at least 4 members (excludes halogenated alkanes) is 1. The molecule has 1 rings (SSSR count). The lowest BCUT2D eigenvalue weighted by atomic mass is 10.3. The number of nitrogens with zero attached hydrogens (tertiary/aromatic N) is 2. The Morgan fingerprint density at radius 3 is 2.89 bits per heavy atom. The van der Waals surface area contributed by atoms with E-state index in [-0.39, 0.29) is 17.9 Å². The molecule has 1 amide bonds. The molecule has 0 aliphatic heterocycles. The molecule has 0 saturated heterocycles. The molecule has 0 fully saturated rings. The van der Waals surface area contributed by atoms with Crippen molar-refractivity contribution < 1.29 is 9.53 Å². The Morgan fingerprint density at radius 2 is 2.33 bits per heavy atom. The minimum absolute atomic E-state index is 0.00676. The molecule has 0 spiro atoms. The maximum absolute atomic E-state index is 11.6. The molecule has 100 valence electrons. The summed E-state index contributed by atoms with van der Waals surface area (Å²) < 4.78 is 5.02. The molecule has 3 N–H and O–H groups in total. The van der Waals surface area contributed by atoms with Crippen molar-refractivity contribution in [3.05, 3.63) is 16.7 Å². The van der Waals surface area contributed by atoms with Gasteiger partial charge in [-0.15, -0.1) is 0 Å². The lowest BCUT2D eigenvalue weighted by Gasteiger charge is -2.22. The lowest BCUT2D eigenvalue weighted by Crippen LogP contribution is -2.36. The number of hydrogen-bond donors (Lipinski definition) is 2. The molecule has 0 bridgehead atoms. The third-order valence-electron chi connectivity index (χ3n) is 2.42. The van der Waals surface area contributed by atoms with Crippen molar-refractivity contribution in [2.75, 3.05) is 25.1 Å². The van der Waals surface area contributed by atoms with E-state index < -0.39 is 5.91 Å². The number of aromatic nitrogens is 2. The number of nitrogens with two attached hydrogens (primary N) is 1. The van der Waals surface area contributed by atoms with E-state index >= 15 is 0 Å². The minimum Gasteiger partial charge on any atom is -0.489 e. The van der Waals surface area contributed by atoms with Crippen molar-refractivity contribution in [1.29, 1.82) is 0 Å². The molecule has 0 saturated carbocycles. The average Bonchev–Trinajstić information content (AvgIpc) is 2.33. The van der Waals surface area contributed by atoms with Gasteiger partial charge in [-0.1, -0.05) is 13.3 Å².